The van der Waals surface area contributed by atoms with Gasteiger partial charge in [0.1, 0.15) is 17.2 Å². The Morgan fingerprint density at radius 2 is 1.81 bits per heavy atom. The van der Waals surface area contributed by atoms with Gasteiger partial charge < -0.3 is 14.2 Å². The van der Waals surface area contributed by atoms with Crippen LogP contribution in [-0.2, 0) is 4.79 Å². The van der Waals surface area contributed by atoms with Crippen LogP contribution in [0.25, 0.3) is 0 Å². The van der Waals surface area contributed by atoms with E-state index in [1.165, 1.54) is 6.07 Å². The molecule has 0 saturated heterocycles. The Labute approximate surface area is 180 Å². The highest BCUT2D eigenvalue weighted by Crippen LogP contribution is 2.26. The minimum absolute atomic E-state index is 0.0312. The lowest BCUT2D eigenvalue weighted by Gasteiger charge is -2.10. The molecule has 0 unspecified atom stereocenters. The van der Waals surface area contributed by atoms with Gasteiger partial charge in [-0.05, 0) is 49.2 Å². The van der Waals surface area contributed by atoms with Gasteiger partial charge in [-0.2, -0.15) is 22.7 Å². The molecule has 1 amide bonds. The molecule has 11 heteroatoms. The van der Waals surface area contributed by atoms with Crippen LogP contribution < -0.4 is 19.6 Å². The second-order valence-corrected chi connectivity index (χ2v) is 6.52. The third kappa shape index (κ3) is 8.71. The van der Waals surface area contributed by atoms with Crippen LogP contribution in [-0.4, -0.2) is 32.0 Å². The third-order valence-electron chi connectivity index (χ3n) is 3.77. The summed E-state index contributed by atoms with van der Waals surface area (Å²) in [6, 6.07) is 8.40. The molecule has 0 atom stereocenters. The number of alkyl halides is 4. The second kappa shape index (κ2) is 12.0. The molecule has 0 spiro atoms. The number of nitrogens with one attached hydrogen (secondary N) is 1. The Morgan fingerprint density at radius 1 is 1.10 bits per heavy atom. The van der Waals surface area contributed by atoms with Gasteiger partial charge in [0.15, 0.2) is 0 Å². The maximum absolute atomic E-state index is 12.5. The monoisotopic (exact) mass is 462 g/mol. The number of nitrogens with zero attached hydrogens (tertiary/aromatic N) is 1. The summed E-state index contributed by atoms with van der Waals surface area (Å²) in [5.74, 6) is -0.590. The number of ether oxygens (including phenoxy) is 3. The van der Waals surface area contributed by atoms with E-state index in [2.05, 4.69) is 20.0 Å². The molecule has 1 N–H and O–H groups in total. The van der Waals surface area contributed by atoms with Gasteiger partial charge in [0.05, 0.1) is 12.8 Å². The normalized spacial score (nSPS) is 11.2. The van der Waals surface area contributed by atoms with Crippen LogP contribution in [0.15, 0.2) is 41.5 Å². The third-order valence-corrected chi connectivity index (χ3v) is 4.19. The van der Waals surface area contributed by atoms with Crippen LogP contribution in [0, 0.1) is 6.92 Å². The van der Waals surface area contributed by atoms with Crippen LogP contribution in [0.4, 0.5) is 17.6 Å². The molecule has 2 aromatic rings. The van der Waals surface area contributed by atoms with Crippen LogP contribution in [0.5, 0.6) is 17.2 Å². The van der Waals surface area contributed by atoms with E-state index in [1.54, 1.807) is 18.2 Å². The van der Waals surface area contributed by atoms with Crippen LogP contribution in [0.2, 0.25) is 5.02 Å². The average molecular weight is 463 g/mol. The van der Waals surface area contributed by atoms with Crippen molar-refractivity contribution >= 4 is 23.7 Å². The summed E-state index contributed by atoms with van der Waals surface area (Å²) in [4.78, 5) is 11.8. The van der Waals surface area contributed by atoms with Gasteiger partial charge in [0.2, 0.25) is 5.91 Å². The van der Waals surface area contributed by atoms with Crippen LogP contribution >= 0.6 is 11.6 Å². The smallest absolute Gasteiger partial charge is 0.387 e. The minimum atomic E-state index is -3.19. The Balaban J connectivity index is 1.83. The molecule has 6 nitrogen and oxygen atoms in total. The van der Waals surface area contributed by atoms with Gasteiger partial charge in [-0.1, -0.05) is 11.6 Å². The number of benzene rings is 2. The summed E-state index contributed by atoms with van der Waals surface area (Å²) < 4.78 is 63.6. The molecular weight excluding hydrogens is 444 g/mol. The van der Waals surface area contributed by atoms with E-state index in [1.807, 2.05) is 6.92 Å². The van der Waals surface area contributed by atoms with Crippen molar-refractivity contribution in [2.45, 2.75) is 33.0 Å². The number of hydrogen-bond acceptors (Lipinski definition) is 5. The van der Waals surface area contributed by atoms with E-state index < -0.39 is 24.9 Å². The van der Waals surface area contributed by atoms with E-state index in [0.717, 1.165) is 23.9 Å². The van der Waals surface area contributed by atoms with Gasteiger partial charge in [0, 0.05) is 23.1 Å². The highest BCUT2D eigenvalue weighted by Gasteiger charge is 2.12. The topological polar surface area (TPSA) is 69.2 Å². The van der Waals surface area contributed by atoms with Gasteiger partial charge >= 0.3 is 13.2 Å². The van der Waals surface area contributed by atoms with Gasteiger partial charge in [-0.15, -0.1) is 0 Å². The lowest BCUT2D eigenvalue weighted by Crippen LogP contribution is -2.18. The standard InChI is InChI=1S/C20H19ClF4N2O4/c1-12-9-14(6-7-16(12)21)29-8-2-3-18(28)27-26-11-13-4-5-15(30-19(22)23)10-17(13)31-20(24)25/h4-7,9-11,19-20H,2-3,8H2,1H3,(H,27,28). The number of carbonyl (C=O) groups is 1. The first-order valence-electron chi connectivity index (χ1n) is 8.99. The van der Waals surface area contributed by atoms with Crippen molar-refractivity contribution in [1.29, 1.82) is 0 Å². The Bertz CT molecular complexity index is 913. The van der Waals surface area contributed by atoms with E-state index in [9.17, 15) is 22.4 Å². The van der Waals surface area contributed by atoms with E-state index in [-0.39, 0.29) is 24.3 Å². The molecule has 2 aromatic carbocycles. The Morgan fingerprint density at radius 3 is 2.48 bits per heavy atom. The number of rotatable bonds is 11. The molecule has 0 aliphatic heterocycles. The van der Waals surface area contributed by atoms with E-state index >= 15 is 0 Å². The molecule has 0 bridgehead atoms. The fraction of sp³-hybridized carbons (Fsp3) is 0.300. The SMILES string of the molecule is Cc1cc(OCCCC(=O)NN=Cc2ccc(OC(F)F)cc2OC(F)F)ccc1Cl. The first kappa shape index (κ1) is 24.3. The molecule has 168 valence electrons. The molecule has 0 aromatic heterocycles. The molecule has 0 aliphatic carbocycles. The quantitative estimate of drug-likeness (QED) is 0.217. The highest BCUT2D eigenvalue weighted by atomic mass is 35.5. The first-order chi connectivity index (χ1) is 14.7. The zero-order valence-electron chi connectivity index (χ0n) is 16.3. The minimum Gasteiger partial charge on any atom is -0.494 e. The molecule has 0 saturated carbocycles. The number of carbonyl (C=O) groups excluding carboxylic acids is 1. The Hall–Kier alpha value is -3.01. The fourth-order valence-electron chi connectivity index (χ4n) is 2.35. The maximum atomic E-state index is 12.5. The van der Waals surface area contributed by atoms with Crippen molar-refractivity contribution < 1.29 is 36.6 Å². The summed E-state index contributed by atoms with van der Waals surface area (Å²) in [6.07, 6.45) is 1.56. The predicted octanol–water partition coefficient (Wildman–Crippen LogP) is 5.16. The second-order valence-electron chi connectivity index (χ2n) is 6.11. The number of hydrogen-bond donors (Lipinski definition) is 1. The van der Waals surface area contributed by atoms with Crippen molar-refractivity contribution in [3.05, 3.63) is 52.5 Å². The number of hydrazone groups is 1. The summed E-state index contributed by atoms with van der Waals surface area (Å²) in [5, 5.41) is 4.29. The van der Waals surface area contributed by atoms with Crippen molar-refractivity contribution in [2.75, 3.05) is 6.61 Å². The summed E-state index contributed by atoms with van der Waals surface area (Å²) >= 11 is 5.94. The van der Waals surface area contributed by atoms with Crippen molar-refractivity contribution in [3.8, 4) is 17.2 Å². The maximum Gasteiger partial charge on any atom is 0.387 e. The van der Waals surface area contributed by atoms with Crippen LogP contribution in [0.1, 0.15) is 24.0 Å². The van der Waals surface area contributed by atoms with Gasteiger partial charge in [-0.3, -0.25) is 4.79 Å². The number of halogens is 5. The van der Waals surface area contributed by atoms with E-state index in [0.29, 0.717) is 17.2 Å². The largest absolute Gasteiger partial charge is 0.494 e. The summed E-state index contributed by atoms with van der Waals surface area (Å²) in [5.41, 5.74) is 3.14. The lowest BCUT2D eigenvalue weighted by atomic mass is 10.2. The summed E-state index contributed by atoms with van der Waals surface area (Å²) in [6.45, 7) is -4.17. The van der Waals surface area contributed by atoms with Gasteiger partial charge in [0.25, 0.3) is 0 Å². The van der Waals surface area contributed by atoms with Crippen molar-refractivity contribution in [1.82, 2.24) is 5.43 Å². The fourth-order valence-corrected chi connectivity index (χ4v) is 2.47. The lowest BCUT2D eigenvalue weighted by molar-refractivity contribution is -0.121. The van der Waals surface area contributed by atoms with Crippen molar-refractivity contribution in [2.24, 2.45) is 5.10 Å². The molecule has 0 aliphatic rings. The molecule has 0 radical (unpaired) electrons. The zero-order chi connectivity index (χ0) is 22.8. The average Bonchev–Trinajstić information content (AvgIpc) is 2.68. The molecule has 0 heterocycles. The number of aryl methyl sites for hydroxylation is 1. The highest BCUT2D eigenvalue weighted by molar-refractivity contribution is 6.31. The molecule has 31 heavy (non-hydrogen) atoms. The molecule has 2 rings (SSSR count). The zero-order valence-corrected chi connectivity index (χ0v) is 17.0. The first-order valence-corrected chi connectivity index (χ1v) is 9.37. The van der Waals surface area contributed by atoms with E-state index in [4.69, 9.17) is 16.3 Å². The predicted molar refractivity (Wildman–Crippen MR) is 106 cm³/mol. The molecule has 0 fully saturated rings. The van der Waals surface area contributed by atoms with Gasteiger partial charge in [-0.25, -0.2) is 5.43 Å². The van der Waals surface area contributed by atoms with Crippen LogP contribution in [0.3, 0.4) is 0 Å². The molecular formula is C20H19ClF4N2O4. The Kier molecular flexibility index (Phi) is 9.39. The van der Waals surface area contributed by atoms with Crippen molar-refractivity contribution in [3.63, 3.8) is 0 Å². The summed E-state index contributed by atoms with van der Waals surface area (Å²) in [7, 11) is 0. The number of amides is 1.